The van der Waals surface area contributed by atoms with E-state index in [-0.39, 0.29) is 0 Å². The summed E-state index contributed by atoms with van der Waals surface area (Å²) in [5.41, 5.74) is 7.08. The van der Waals surface area contributed by atoms with Crippen LogP contribution in [-0.4, -0.2) is 29.1 Å². The first-order valence-electron chi connectivity index (χ1n) is 5.22. The van der Waals surface area contributed by atoms with Gasteiger partial charge in [-0.05, 0) is 12.1 Å². The van der Waals surface area contributed by atoms with Crippen molar-refractivity contribution in [3.8, 4) is 0 Å². The van der Waals surface area contributed by atoms with E-state index in [4.69, 9.17) is 10.8 Å². The zero-order chi connectivity index (χ0) is 13.3. The summed E-state index contributed by atoms with van der Waals surface area (Å²) in [5.74, 6) is -1.55. The lowest BCUT2D eigenvalue weighted by molar-refractivity contribution is -0.138. The molecule has 0 saturated heterocycles. The largest absolute Gasteiger partial charge is 0.480 e. The predicted octanol–water partition coefficient (Wildman–Crippen LogP) is 1.04. The highest BCUT2D eigenvalue weighted by Crippen LogP contribution is 2.24. The zero-order valence-electron chi connectivity index (χ0n) is 9.64. The Kier molecular flexibility index (Phi) is 3.03. The van der Waals surface area contributed by atoms with Crippen molar-refractivity contribution in [2.75, 3.05) is 7.11 Å². The third-order valence-corrected chi connectivity index (χ3v) is 2.74. The van der Waals surface area contributed by atoms with Crippen LogP contribution < -0.4 is 5.73 Å². The molecule has 0 saturated carbocycles. The third-order valence-electron chi connectivity index (χ3n) is 2.74. The number of ether oxygens (including phenoxy) is 1. The number of esters is 1. The summed E-state index contributed by atoms with van der Waals surface area (Å²) in [7, 11) is 1.30. The molecule has 1 atom stereocenters. The van der Waals surface area contributed by atoms with Gasteiger partial charge >= 0.3 is 11.9 Å². The molecular weight excluding hydrogens is 236 g/mol. The molecule has 2 aromatic rings. The number of benzene rings is 1. The molecule has 0 aliphatic carbocycles. The van der Waals surface area contributed by atoms with Gasteiger partial charge in [-0.1, -0.05) is 6.07 Å². The topological polar surface area (TPSA) is 105 Å². The van der Waals surface area contributed by atoms with E-state index in [9.17, 15) is 9.59 Å². The Hall–Kier alpha value is -2.34. The molecule has 0 amide bonds. The van der Waals surface area contributed by atoms with Crippen LogP contribution in [0.25, 0.3) is 10.9 Å². The summed E-state index contributed by atoms with van der Waals surface area (Å²) in [6, 6.07) is 3.72. The highest BCUT2D eigenvalue weighted by molar-refractivity contribution is 5.96. The Morgan fingerprint density at radius 2 is 2.17 bits per heavy atom. The molecule has 0 spiro atoms. The Morgan fingerprint density at radius 3 is 2.78 bits per heavy atom. The number of nitrogens with two attached hydrogens (primary N) is 1. The van der Waals surface area contributed by atoms with E-state index in [0.29, 0.717) is 22.0 Å². The van der Waals surface area contributed by atoms with Crippen LogP contribution >= 0.6 is 0 Å². The Bertz CT molecular complexity index is 618. The van der Waals surface area contributed by atoms with Gasteiger partial charge in [0.25, 0.3) is 0 Å². The van der Waals surface area contributed by atoms with Gasteiger partial charge in [-0.15, -0.1) is 0 Å². The molecule has 18 heavy (non-hydrogen) atoms. The first-order valence-corrected chi connectivity index (χ1v) is 5.22. The average molecular weight is 248 g/mol. The molecule has 94 valence electrons. The first-order chi connectivity index (χ1) is 8.54. The van der Waals surface area contributed by atoms with Crippen molar-refractivity contribution in [1.29, 1.82) is 0 Å². The van der Waals surface area contributed by atoms with Crippen LogP contribution in [0.2, 0.25) is 0 Å². The second-order valence-electron chi connectivity index (χ2n) is 3.81. The summed E-state index contributed by atoms with van der Waals surface area (Å²) in [6.07, 6.45) is 1.53. The van der Waals surface area contributed by atoms with Crippen molar-refractivity contribution in [2.24, 2.45) is 5.73 Å². The van der Waals surface area contributed by atoms with E-state index in [1.807, 2.05) is 0 Å². The molecule has 1 heterocycles. The van der Waals surface area contributed by atoms with Crippen molar-refractivity contribution in [1.82, 2.24) is 4.98 Å². The smallest absolute Gasteiger partial charge is 0.337 e. The first kappa shape index (κ1) is 12.1. The van der Waals surface area contributed by atoms with E-state index in [1.54, 1.807) is 18.2 Å². The van der Waals surface area contributed by atoms with E-state index in [2.05, 4.69) is 9.72 Å². The average Bonchev–Trinajstić information content (AvgIpc) is 2.79. The van der Waals surface area contributed by atoms with Gasteiger partial charge in [0.2, 0.25) is 0 Å². The summed E-state index contributed by atoms with van der Waals surface area (Å²) >= 11 is 0. The molecule has 1 aromatic carbocycles. The number of rotatable bonds is 3. The zero-order valence-corrected chi connectivity index (χ0v) is 9.64. The number of aromatic nitrogens is 1. The number of carbonyl (C=O) groups is 2. The van der Waals surface area contributed by atoms with E-state index in [0.717, 1.165) is 0 Å². The maximum absolute atomic E-state index is 11.4. The maximum atomic E-state index is 11.4. The Labute approximate surface area is 102 Å². The van der Waals surface area contributed by atoms with Gasteiger partial charge in [-0.25, -0.2) is 4.79 Å². The molecule has 1 unspecified atom stereocenters. The van der Waals surface area contributed by atoms with Gasteiger partial charge in [0.1, 0.15) is 6.04 Å². The number of methoxy groups -OCH3 is 1. The fourth-order valence-electron chi connectivity index (χ4n) is 1.78. The van der Waals surface area contributed by atoms with Crippen LogP contribution in [-0.2, 0) is 9.53 Å². The van der Waals surface area contributed by atoms with Gasteiger partial charge in [-0.3, -0.25) is 4.79 Å². The molecular formula is C12H12N2O4. The van der Waals surface area contributed by atoms with Gasteiger partial charge in [0.05, 0.1) is 12.7 Å². The van der Waals surface area contributed by atoms with Crippen molar-refractivity contribution in [2.45, 2.75) is 6.04 Å². The second kappa shape index (κ2) is 4.50. The summed E-state index contributed by atoms with van der Waals surface area (Å²) in [6.45, 7) is 0. The number of nitrogens with one attached hydrogen (secondary N) is 1. The number of aliphatic carboxylic acids is 1. The summed E-state index contributed by atoms with van der Waals surface area (Å²) in [5, 5.41) is 9.56. The standard InChI is InChI=1S/C12H12N2O4/c1-18-12(17)6-2-3-7-8(10(13)11(15)16)5-14-9(7)4-6/h2-5,10,14H,13H2,1H3,(H,15,16). The second-order valence-corrected chi connectivity index (χ2v) is 3.81. The highest BCUT2D eigenvalue weighted by atomic mass is 16.5. The number of carboxylic acid groups (broad SMARTS) is 1. The van der Waals surface area contributed by atoms with Gasteiger partial charge in [-0.2, -0.15) is 0 Å². The monoisotopic (exact) mass is 248 g/mol. The Balaban J connectivity index is 2.50. The molecule has 4 N–H and O–H groups in total. The van der Waals surface area contributed by atoms with Crippen LogP contribution in [0.5, 0.6) is 0 Å². The number of carbonyl (C=O) groups excluding carboxylic acids is 1. The van der Waals surface area contributed by atoms with Gasteiger partial charge < -0.3 is 20.6 Å². The molecule has 0 fully saturated rings. The molecule has 0 radical (unpaired) electrons. The number of hydrogen-bond acceptors (Lipinski definition) is 4. The van der Waals surface area contributed by atoms with Crippen molar-refractivity contribution < 1.29 is 19.4 Å². The fraction of sp³-hybridized carbons (Fsp3) is 0.167. The van der Waals surface area contributed by atoms with Crippen LogP contribution in [0.3, 0.4) is 0 Å². The minimum Gasteiger partial charge on any atom is -0.480 e. The van der Waals surface area contributed by atoms with Crippen LogP contribution in [0.1, 0.15) is 22.0 Å². The van der Waals surface area contributed by atoms with E-state index >= 15 is 0 Å². The quantitative estimate of drug-likeness (QED) is 0.704. The molecule has 0 aliphatic heterocycles. The molecule has 6 heteroatoms. The number of carboxylic acids is 1. The van der Waals surface area contributed by atoms with Gasteiger partial charge in [0.15, 0.2) is 0 Å². The number of H-pyrrole nitrogens is 1. The lowest BCUT2D eigenvalue weighted by Gasteiger charge is -2.04. The number of hydrogen-bond donors (Lipinski definition) is 3. The van der Waals surface area contributed by atoms with E-state index < -0.39 is 18.0 Å². The predicted molar refractivity (Wildman–Crippen MR) is 64.2 cm³/mol. The van der Waals surface area contributed by atoms with E-state index in [1.165, 1.54) is 13.3 Å². The minimum atomic E-state index is -1.10. The van der Waals surface area contributed by atoms with Crippen molar-refractivity contribution in [3.63, 3.8) is 0 Å². The lowest BCUT2D eigenvalue weighted by atomic mass is 10.1. The summed E-state index contributed by atoms with van der Waals surface area (Å²) in [4.78, 5) is 25.1. The molecule has 0 bridgehead atoms. The fourth-order valence-corrected chi connectivity index (χ4v) is 1.78. The van der Waals surface area contributed by atoms with Gasteiger partial charge in [0, 0.05) is 22.7 Å². The number of fused-ring (bicyclic) bond motifs is 1. The van der Waals surface area contributed by atoms with Crippen LogP contribution in [0, 0.1) is 0 Å². The molecule has 0 aliphatic rings. The SMILES string of the molecule is COC(=O)c1ccc2c(C(N)C(=O)O)c[nH]c2c1. The maximum Gasteiger partial charge on any atom is 0.337 e. The summed E-state index contributed by atoms with van der Waals surface area (Å²) < 4.78 is 4.61. The molecule has 2 rings (SSSR count). The normalized spacial score (nSPS) is 12.3. The molecule has 6 nitrogen and oxygen atoms in total. The lowest BCUT2D eigenvalue weighted by Crippen LogP contribution is -2.20. The van der Waals surface area contributed by atoms with Crippen molar-refractivity contribution >= 4 is 22.8 Å². The van der Waals surface area contributed by atoms with Crippen LogP contribution in [0.15, 0.2) is 24.4 Å². The van der Waals surface area contributed by atoms with Crippen molar-refractivity contribution in [3.05, 3.63) is 35.5 Å². The molecule has 1 aromatic heterocycles. The third kappa shape index (κ3) is 1.93. The van der Waals surface area contributed by atoms with Crippen LogP contribution in [0.4, 0.5) is 0 Å². The minimum absolute atomic E-state index is 0.391. The Morgan fingerprint density at radius 1 is 1.44 bits per heavy atom. The highest BCUT2D eigenvalue weighted by Gasteiger charge is 2.18. The number of aromatic amines is 1.